The van der Waals surface area contributed by atoms with Crippen molar-refractivity contribution in [2.24, 2.45) is 0 Å². The third-order valence-corrected chi connectivity index (χ3v) is 7.45. The van der Waals surface area contributed by atoms with E-state index in [1.165, 1.54) is 11.4 Å². The van der Waals surface area contributed by atoms with Crippen LogP contribution < -0.4 is 14.5 Å². The van der Waals surface area contributed by atoms with Crippen LogP contribution in [0.2, 0.25) is 0 Å². The van der Waals surface area contributed by atoms with Gasteiger partial charge in [-0.2, -0.15) is 0 Å². The summed E-state index contributed by atoms with van der Waals surface area (Å²) < 4.78 is 3.38. The van der Waals surface area contributed by atoms with E-state index in [9.17, 15) is 0 Å². The van der Waals surface area contributed by atoms with Gasteiger partial charge in [-0.05, 0) is 67.9 Å². The number of nitrogens with zero attached hydrogens (tertiary/aromatic N) is 5. The molecule has 1 N–H and O–H groups in total. The number of anilines is 4. The largest absolute Gasteiger partial charge is 0.369 e. The Kier molecular flexibility index (Phi) is 6.26. The van der Waals surface area contributed by atoms with E-state index in [0.717, 1.165) is 65.5 Å². The zero-order chi connectivity index (χ0) is 22.1. The second kappa shape index (κ2) is 9.29. The van der Waals surface area contributed by atoms with Crippen molar-refractivity contribution in [3.8, 4) is 11.3 Å². The monoisotopic (exact) mass is 510 g/mol. The highest BCUT2D eigenvalue weighted by Crippen LogP contribution is 2.46. The van der Waals surface area contributed by atoms with Gasteiger partial charge in [0.2, 0.25) is 5.95 Å². The number of rotatable bonds is 5. The van der Waals surface area contributed by atoms with Gasteiger partial charge in [0.05, 0.1) is 16.3 Å². The first-order valence-corrected chi connectivity index (χ1v) is 12.6. The number of hydrogen-bond acceptors (Lipinski definition) is 7. The lowest BCUT2D eigenvalue weighted by atomic mass is 10.1. The second-order valence-corrected chi connectivity index (χ2v) is 10.2. The molecule has 8 heteroatoms. The van der Waals surface area contributed by atoms with Gasteiger partial charge in [0, 0.05) is 60.3 Å². The van der Waals surface area contributed by atoms with Gasteiger partial charge in [0.15, 0.2) is 0 Å². The molecule has 2 aliphatic rings. The minimum absolute atomic E-state index is 0.617. The first-order chi connectivity index (χ1) is 15.6. The van der Waals surface area contributed by atoms with E-state index in [4.69, 9.17) is 4.98 Å². The second-order valence-electron chi connectivity index (χ2n) is 8.22. The van der Waals surface area contributed by atoms with Crippen molar-refractivity contribution in [3.63, 3.8) is 0 Å². The molecular formula is C24H27BrN6S. The van der Waals surface area contributed by atoms with Crippen LogP contribution in [0.5, 0.6) is 0 Å². The molecule has 5 rings (SSSR count). The number of hydrogen-bond donors (Lipinski definition) is 1. The van der Waals surface area contributed by atoms with Crippen molar-refractivity contribution in [2.45, 2.75) is 18.2 Å². The number of nitrogens with one attached hydrogen (secondary N) is 1. The summed E-state index contributed by atoms with van der Waals surface area (Å²) in [5, 5.41) is 3.39. The Bertz CT molecular complexity index is 1100. The van der Waals surface area contributed by atoms with Crippen LogP contribution in [0.15, 0.2) is 58.0 Å². The van der Waals surface area contributed by atoms with Gasteiger partial charge in [-0.1, -0.05) is 22.9 Å². The molecule has 0 saturated carbocycles. The summed E-state index contributed by atoms with van der Waals surface area (Å²) in [4.78, 5) is 15.4. The van der Waals surface area contributed by atoms with Gasteiger partial charge in [-0.15, -0.1) is 0 Å². The molecule has 0 radical (unpaired) electrons. The van der Waals surface area contributed by atoms with Gasteiger partial charge in [-0.3, -0.25) is 0 Å². The Morgan fingerprint density at radius 1 is 1.06 bits per heavy atom. The zero-order valence-electron chi connectivity index (χ0n) is 18.4. The fraction of sp³-hybridized carbons (Fsp3) is 0.333. The number of piperazine rings is 1. The molecule has 0 atom stereocenters. The third kappa shape index (κ3) is 4.44. The van der Waals surface area contributed by atoms with Crippen molar-refractivity contribution in [3.05, 3.63) is 53.1 Å². The smallest absolute Gasteiger partial charge is 0.227 e. The first-order valence-electron chi connectivity index (χ1n) is 11.0. The van der Waals surface area contributed by atoms with E-state index >= 15 is 0 Å². The molecule has 0 aliphatic carbocycles. The summed E-state index contributed by atoms with van der Waals surface area (Å²) in [5.74, 6) is 0.617. The molecule has 0 unspecified atom stereocenters. The van der Waals surface area contributed by atoms with E-state index in [1.54, 1.807) is 11.9 Å². The maximum atomic E-state index is 4.90. The molecule has 166 valence electrons. The molecule has 3 aromatic rings. The van der Waals surface area contributed by atoms with Crippen LogP contribution in [0.25, 0.3) is 11.3 Å². The number of aromatic nitrogens is 2. The van der Waals surface area contributed by atoms with Gasteiger partial charge in [0.25, 0.3) is 0 Å². The minimum atomic E-state index is 0.617. The maximum Gasteiger partial charge on any atom is 0.227 e. The Hall–Kier alpha value is -2.29. The van der Waals surface area contributed by atoms with E-state index < -0.39 is 0 Å². The Morgan fingerprint density at radius 2 is 1.84 bits per heavy atom. The minimum Gasteiger partial charge on any atom is -0.369 e. The third-order valence-electron chi connectivity index (χ3n) is 5.86. The molecular weight excluding hydrogens is 484 g/mol. The normalized spacial score (nSPS) is 16.0. The van der Waals surface area contributed by atoms with Crippen LogP contribution in [0, 0.1) is 0 Å². The average molecular weight is 511 g/mol. The summed E-state index contributed by atoms with van der Waals surface area (Å²) >= 11 is 5.34. The highest BCUT2D eigenvalue weighted by molar-refractivity contribution is 9.10. The molecule has 0 bridgehead atoms. The highest BCUT2D eigenvalue weighted by Gasteiger charge is 2.25. The van der Waals surface area contributed by atoms with E-state index in [2.05, 4.69) is 96.8 Å². The molecule has 1 aromatic heterocycles. The Morgan fingerprint density at radius 3 is 2.59 bits per heavy atom. The van der Waals surface area contributed by atoms with Crippen LogP contribution >= 0.6 is 27.9 Å². The summed E-state index contributed by atoms with van der Waals surface area (Å²) in [7, 11) is 2.18. The summed E-state index contributed by atoms with van der Waals surface area (Å²) in [5.41, 5.74) is 5.57. The van der Waals surface area contributed by atoms with Gasteiger partial charge < -0.3 is 19.4 Å². The van der Waals surface area contributed by atoms with Crippen molar-refractivity contribution in [1.82, 2.24) is 14.9 Å². The number of likely N-dealkylation sites (N-methyl/N-ethyl adjacent to an activating group) is 1. The maximum absolute atomic E-state index is 4.90. The van der Waals surface area contributed by atoms with Gasteiger partial charge in [0.1, 0.15) is 0 Å². The topological polar surface area (TPSA) is 47.5 Å². The van der Waals surface area contributed by atoms with Crippen molar-refractivity contribution >= 4 is 50.9 Å². The fourth-order valence-electron chi connectivity index (χ4n) is 4.09. The average Bonchev–Trinajstić information content (AvgIpc) is 2.81. The summed E-state index contributed by atoms with van der Waals surface area (Å²) in [6, 6.07) is 15.0. The summed E-state index contributed by atoms with van der Waals surface area (Å²) in [6.07, 6.45) is 3.02. The molecule has 0 amide bonds. The standard InChI is InChI=1S/C24H27BrN6S/c1-3-10-31-21-9-4-17(25)15-20(21)23-22(32-31)16-26-24(28-23)27-18-5-7-19(8-6-18)30-13-11-29(2)12-14-30/h4-9,15-16H,3,10-14H2,1-2H3,(H,26,27,28). The number of benzene rings is 2. The van der Waals surface area contributed by atoms with Crippen LogP contribution in [0.4, 0.5) is 23.0 Å². The Labute approximate surface area is 202 Å². The molecule has 1 saturated heterocycles. The van der Waals surface area contributed by atoms with Crippen molar-refractivity contribution in [1.29, 1.82) is 0 Å². The molecule has 0 spiro atoms. The quantitative estimate of drug-likeness (QED) is 0.445. The van der Waals surface area contributed by atoms with Crippen LogP contribution in [0.1, 0.15) is 13.3 Å². The predicted molar refractivity (Wildman–Crippen MR) is 138 cm³/mol. The van der Waals surface area contributed by atoms with Crippen LogP contribution in [-0.4, -0.2) is 54.6 Å². The lowest BCUT2D eigenvalue weighted by molar-refractivity contribution is 0.313. The summed E-state index contributed by atoms with van der Waals surface area (Å²) in [6.45, 7) is 7.53. The van der Waals surface area contributed by atoms with Crippen LogP contribution in [0.3, 0.4) is 0 Å². The molecule has 2 aliphatic heterocycles. The molecule has 1 fully saturated rings. The van der Waals surface area contributed by atoms with Crippen LogP contribution in [-0.2, 0) is 0 Å². The molecule has 2 aromatic carbocycles. The molecule has 6 nitrogen and oxygen atoms in total. The van der Waals surface area contributed by atoms with E-state index in [-0.39, 0.29) is 0 Å². The zero-order valence-corrected chi connectivity index (χ0v) is 20.8. The SMILES string of the molecule is CCCN1Sc2cnc(Nc3ccc(N4CCN(C)CC4)cc3)nc2-c2cc(Br)ccc21. The number of halogens is 1. The predicted octanol–water partition coefficient (Wildman–Crippen LogP) is 5.64. The van der Waals surface area contributed by atoms with Gasteiger partial charge >= 0.3 is 0 Å². The van der Waals surface area contributed by atoms with E-state index in [0.29, 0.717) is 5.95 Å². The molecule has 32 heavy (non-hydrogen) atoms. The first kappa shape index (κ1) is 21.6. The van der Waals surface area contributed by atoms with Crippen molar-refractivity contribution < 1.29 is 0 Å². The van der Waals surface area contributed by atoms with Gasteiger partial charge in [-0.25, -0.2) is 9.97 Å². The number of fused-ring (bicyclic) bond motifs is 3. The lowest BCUT2D eigenvalue weighted by Crippen LogP contribution is -2.44. The lowest BCUT2D eigenvalue weighted by Gasteiger charge is -2.34. The highest BCUT2D eigenvalue weighted by atomic mass is 79.9. The van der Waals surface area contributed by atoms with Crippen molar-refractivity contribution in [2.75, 3.05) is 54.3 Å². The molecule has 3 heterocycles. The van der Waals surface area contributed by atoms with E-state index in [1.807, 2.05) is 6.20 Å². The fourth-order valence-corrected chi connectivity index (χ4v) is 5.56. The Balaban J connectivity index is 1.37.